The summed E-state index contributed by atoms with van der Waals surface area (Å²) in [6.07, 6.45) is 5.98. The van der Waals surface area contributed by atoms with Crippen LogP contribution >= 0.6 is 0 Å². The molecule has 0 aromatic carbocycles. The third-order valence-electron chi connectivity index (χ3n) is 4.10. The Morgan fingerprint density at radius 1 is 1.55 bits per heavy atom. The molecule has 6 heteroatoms. The summed E-state index contributed by atoms with van der Waals surface area (Å²) in [6.45, 7) is 2.55. The Kier molecular flexibility index (Phi) is 4.54. The van der Waals surface area contributed by atoms with E-state index in [0.717, 1.165) is 12.8 Å². The molecule has 2 atom stereocenters. The van der Waals surface area contributed by atoms with Crippen LogP contribution in [0.5, 0.6) is 0 Å². The predicted octanol–water partition coefficient (Wildman–Crippen LogP) is 2.62. The van der Waals surface area contributed by atoms with Crippen LogP contribution in [-0.4, -0.2) is 40.2 Å². The van der Waals surface area contributed by atoms with Crippen molar-refractivity contribution in [3.63, 3.8) is 0 Å². The fourth-order valence-electron chi connectivity index (χ4n) is 2.89. The number of rotatable bonds is 5. The molecule has 0 bridgehead atoms. The van der Waals surface area contributed by atoms with Crippen LogP contribution in [0.1, 0.15) is 43.1 Å². The van der Waals surface area contributed by atoms with Gasteiger partial charge in [0.05, 0.1) is 23.4 Å². The summed E-state index contributed by atoms with van der Waals surface area (Å²) in [5.74, 6) is 0.608. The van der Waals surface area contributed by atoms with Gasteiger partial charge in [-0.05, 0) is 25.8 Å². The highest BCUT2D eigenvalue weighted by atomic mass is 16.6. The molecule has 1 fully saturated rings. The summed E-state index contributed by atoms with van der Waals surface area (Å²) in [4.78, 5) is 27.0. The highest BCUT2D eigenvalue weighted by Gasteiger charge is 2.24. The second-order valence-electron chi connectivity index (χ2n) is 5.79. The lowest BCUT2D eigenvalue weighted by molar-refractivity contribution is -0.384. The molecule has 1 heterocycles. The zero-order chi connectivity index (χ0) is 14.7. The van der Waals surface area contributed by atoms with Gasteiger partial charge in [-0.15, -0.1) is 0 Å². The molecule has 2 unspecified atom stereocenters. The number of nitrogens with zero attached hydrogens (tertiary/aromatic N) is 2. The molecule has 1 aliphatic rings. The minimum atomic E-state index is -0.500. The van der Waals surface area contributed by atoms with Crippen molar-refractivity contribution in [3.05, 3.63) is 28.1 Å². The van der Waals surface area contributed by atoms with Crippen molar-refractivity contribution in [2.24, 2.45) is 5.92 Å². The lowest BCUT2D eigenvalue weighted by Crippen LogP contribution is -2.38. The van der Waals surface area contributed by atoms with Gasteiger partial charge in [0.1, 0.15) is 0 Å². The first-order valence-corrected chi connectivity index (χ1v) is 7.03. The molecule has 1 aromatic rings. The molecule has 110 valence electrons. The van der Waals surface area contributed by atoms with Crippen LogP contribution in [0.15, 0.2) is 12.3 Å². The van der Waals surface area contributed by atoms with Crippen molar-refractivity contribution < 1.29 is 9.72 Å². The Bertz CT molecular complexity index is 498. The topological polar surface area (TPSA) is 79.2 Å². The van der Waals surface area contributed by atoms with Crippen LogP contribution in [0.4, 0.5) is 5.69 Å². The number of likely N-dealkylation sites (N-methyl/N-ethyl adjacent to an activating group) is 1. The average molecular weight is 279 g/mol. The second kappa shape index (κ2) is 6.17. The predicted molar refractivity (Wildman–Crippen MR) is 75.8 cm³/mol. The van der Waals surface area contributed by atoms with Gasteiger partial charge in [0.25, 0.3) is 5.69 Å². The number of carbonyl (C=O) groups is 1. The van der Waals surface area contributed by atoms with Crippen LogP contribution in [0.2, 0.25) is 0 Å². The van der Waals surface area contributed by atoms with Crippen molar-refractivity contribution in [2.75, 3.05) is 13.6 Å². The number of aromatic amines is 1. The van der Waals surface area contributed by atoms with Crippen molar-refractivity contribution in [2.45, 2.75) is 38.6 Å². The lowest BCUT2D eigenvalue weighted by atomic mass is 9.86. The first-order valence-electron chi connectivity index (χ1n) is 7.03. The van der Waals surface area contributed by atoms with Crippen molar-refractivity contribution >= 4 is 11.5 Å². The first-order chi connectivity index (χ1) is 9.47. The van der Waals surface area contributed by atoms with Crippen molar-refractivity contribution in [3.8, 4) is 0 Å². The molecule has 2 rings (SSSR count). The van der Waals surface area contributed by atoms with E-state index in [-0.39, 0.29) is 11.5 Å². The Labute approximate surface area is 118 Å². The summed E-state index contributed by atoms with van der Waals surface area (Å²) in [6, 6.07) is 1.74. The lowest BCUT2D eigenvalue weighted by Gasteiger charge is -2.33. The largest absolute Gasteiger partial charge is 0.353 e. The van der Waals surface area contributed by atoms with E-state index in [1.807, 2.05) is 7.05 Å². The molecular formula is C14H21N3O3. The summed E-state index contributed by atoms with van der Waals surface area (Å²) in [5, 5.41) is 10.6. The maximum atomic E-state index is 12.1. The van der Waals surface area contributed by atoms with Gasteiger partial charge in [-0.25, -0.2) is 0 Å². The van der Waals surface area contributed by atoms with Gasteiger partial charge in [-0.1, -0.05) is 19.8 Å². The van der Waals surface area contributed by atoms with Crippen molar-refractivity contribution in [1.82, 2.24) is 9.88 Å². The first kappa shape index (κ1) is 14.7. The molecule has 0 spiro atoms. The van der Waals surface area contributed by atoms with E-state index < -0.39 is 4.92 Å². The highest BCUT2D eigenvalue weighted by molar-refractivity contribution is 5.96. The molecule has 1 N–H and O–H groups in total. The number of hydrogen-bond acceptors (Lipinski definition) is 4. The molecule has 1 saturated carbocycles. The average Bonchev–Trinajstić information content (AvgIpc) is 2.88. The quantitative estimate of drug-likeness (QED) is 0.510. The third kappa shape index (κ3) is 3.45. The third-order valence-corrected chi connectivity index (χ3v) is 4.10. The van der Waals surface area contributed by atoms with Crippen LogP contribution in [0, 0.1) is 16.0 Å². The number of ketones is 1. The maximum absolute atomic E-state index is 12.1. The molecule has 0 amide bonds. The molecule has 0 saturated heterocycles. The summed E-state index contributed by atoms with van der Waals surface area (Å²) < 4.78 is 0. The van der Waals surface area contributed by atoms with E-state index in [4.69, 9.17) is 0 Å². The van der Waals surface area contributed by atoms with Gasteiger partial charge < -0.3 is 4.98 Å². The monoisotopic (exact) mass is 279 g/mol. The van der Waals surface area contributed by atoms with E-state index in [1.165, 1.54) is 25.1 Å². The van der Waals surface area contributed by atoms with Crippen LogP contribution in [0.25, 0.3) is 0 Å². The minimum absolute atomic E-state index is 0.0673. The number of Topliss-reactive ketones (excluding diaryl/α,β-unsaturated/α-hetero) is 1. The van der Waals surface area contributed by atoms with Gasteiger partial charge in [0.2, 0.25) is 0 Å². The fourth-order valence-corrected chi connectivity index (χ4v) is 2.89. The normalized spacial score (nSPS) is 22.9. The van der Waals surface area contributed by atoms with E-state index in [9.17, 15) is 14.9 Å². The van der Waals surface area contributed by atoms with Crippen LogP contribution in [0.3, 0.4) is 0 Å². The van der Waals surface area contributed by atoms with E-state index in [2.05, 4.69) is 16.8 Å². The molecule has 0 aliphatic heterocycles. The zero-order valence-corrected chi connectivity index (χ0v) is 12.0. The summed E-state index contributed by atoms with van der Waals surface area (Å²) >= 11 is 0. The Hall–Kier alpha value is -1.69. The summed E-state index contributed by atoms with van der Waals surface area (Å²) in [7, 11) is 1.96. The van der Waals surface area contributed by atoms with Crippen LogP contribution in [-0.2, 0) is 0 Å². The van der Waals surface area contributed by atoms with Gasteiger partial charge in [0, 0.05) is 12.1 Å². The number of aromatic nitrogens is 1. The molecule has 6 nitrogen and oxygen atoms in total. The maximum Gasteiger partial charge on any atom is 0.287 e. The fraction of sp³-hybridized carbons (Fsp3) is 0.643. The number of H-pyrrole nitrogens is 1. The van der Waals surface area contributed by atoms with Gasteiger partial charge in [-0.2, -0.15) is 0 Å². The number of hydrogen-bond donors (Lipinski definition) is 1. The number of nitro groups is 1. The smallest absolute Gasteiger partial charge is 0.287 e. The van der Waals surface area contributed by atoms with E-state index in [1.54, 1.807) is 0 Å². The van der Waals surface area contributed by atoms with Gasteiger partial charge in [0.15, 0.2) is 5.78 Å². The van der Waals surface area contributed by atoms with Crippen LogP contribution < -0.4 is 0 Å². The zero-order valence-electron chi connectivity index (χ0n) is 12.0. The minimum Gasteiger partial charge on any atom is -0.353 e. The number of nitrogens with one attached hydrogen (secondary N) is 1. The van der Waals surface area contributed by atoms with Gasteiger partial charge in [-0.3, -0.25) is 19.8 Å². The highest BCUT2D eigenvalue weighted by Crippen LogP contribution is 2.26. The molecule has 1 aromatic heterocycles. The standard InChI is InChI=1S/C14H21N3O3/c1-10-4-3-5-11(6-10)16(2)9-14(18)13-7-12(8-15-13)17(19)20/h7-8,10-11,15H,3-6,9H2,1-2H3. The number of carbonyl (C=O) groups excluding carboxylic acids is 1. The van der Waals surface area contributed by atoms with Crippen molar-refractivity contribution in [1.29, 1.82) is 0 Å². The van der Waals surface area contributed by atoms with E-state index >= 15 is 0 Å². The molecular weight excluding hydrogens is 258 g/mol. The SMILES string of the molecule is CC1CCCC(N(C)CC(=O)c2cc([N+](=O)[O-])c[nH]2)C1. The summed E-state index contributed by atoms with van der Waals surface area (Å²) in [5.41, 5.74) is 0.245. The Balaban J connectivity index is 1.94. The molecule has 20 heavy (non-hydrogen) atoms. The van der Waals surface area contributed by atoms with E-state index in [0.29, 0.717) is 24.2 Å². The Morgan fingerprint density at radius 3 is 2.90 bits per heavy atom. The second-order valence-corrected chi connectivity index (χ2v) is 5.79. The Morgan fingerprint density at radius 2 is 2.30 bits per heavy atom. The van der Waals surface area contributed by atoms with Gasteiger partial charge >= 0.3 is 0 Å². The molecule has 1 aliphatic carbocycles. The molecule has 0 radical (unpaired) electrons.